The molecule has 3 N–H and O–H groups in total. The van der Waals surface area contributed by atoms with E-state index in [0.717, 1.165) is 54.5 Å². The normalized spacial score (nSPS) is 21.6. The van der Waals surface area contributed by atoms with Gasteiger partial charge in [0.2, 0.25) is 5.91 Å². The monoisotopic (exact) mass is 468 g/mol. The van der Waals surface area contributed by atoms with Crippen molar-refractivity contribution in [3.63, 3.8) is 0 Å². The molecule has 184 valence electrons. The fourth-order valence-corrected chi connectivity index (χ4v) is 5.84. The Balaban J connectivity index is 1.53. The van der Waals surface area contributed by atoms with Crippen LogP contribution in [0.2, 0.25) is 0 Å². The number of aromatic amines is 1. The molecular formula is C26H36N4O4. The number of nitrogens with one attached hydrogen (secondary N) is 2. The number of ether oxygens (including phenoxy) is 1. The molecule has 34 heavy (non-hydrogen) atoms. The number of likely N-dealkylation sites (tertiary alicyclic amines) is 1. The summed E-state index contributed by atoms with van der Waals surface area (Å²) in [6.45, 7) is 4.48. The number of hydrogen-bond donors (Lipinski definition) is 3. The van der Waals surface area contributed by atoms with E-state index in [-0.39, 0.29) is 30.0 Å². The molecule has 1 aliphatic carbocycles. The van der Waals surface area contributed by atoms with E-state index in [4.69, 9.17) is 4.74 Å². The quantitative estimate of drug-likeness (QED) is 0.606. The van der Waals surface area contributed by atoms with Crippen molar-refractivity contribution >= 4 is 22.8 Å². The van der Waals surface area contributed by atoms with Gasteiger partial charge < -0.3 is 29.9 Å². The number of aliphatic hydroxyl groups excluding tert-OH is 1. The molecule has 8 heteroatoms. The Morgan fingerprint density at radius 3 is 2.68 bits per heavy atom. The fraction of sp³-hybridized carbons (Fsp3) is 0.615. The van der Waals surface area contributed by atoms with Crippen LogP contribution in [0.1, 0.15) is 62.7 Å². The number of methoxy groups -OCH3 is 1. The summed E-state index contributed by atoms with van der Waals surface area (Å²) in [4.78, 5) is 33.3. The first-order valence-corrected chi connectivity index (χ1v) is 12.6. The Morgan fingerprint density at radius 1 is 1.26 bits per heavy atom. The highest BCUT2D eigenvalue weighted by Gasteiger charge is 2.49. The third kappa shape index (κ3) is 4.02. The van der Waals surface area contributed by atoms with Crippen molar-refractivity contribution in [2.75, 3.05) is 39.9 Å². The lowest BCUT2D eigenvalue weighted by Crippen LogP contribution is -2.56. The minimum absolute atomic E-state index is 0.00806. The molecule has 3 amide bonds. The van der Waals surface area contributed by atoms with Gasteiger partial charge in [0, 0.05) is 60.7 Å². The van der Waals surface area contributed by atoms with Gasteiger partial charge in [-0.1, -0.05) is 6.92 Å². The van der Waals surface area contributed by atoms with Crippen LogP contribution in [0.25, 0.3) is 10.9 Å². The summed E-state index contributed by atoms with van der Waals surface area (Å²) in [6, 6.07) is 5.65. The third-order valence-corrected chi connectivity index (χ3v) is 7.94. The minimum atomic E-state index is -0.379. The zero-order chi connectivity index (χ0) is 23.9. The molecule has 0 radical (unpaired) electrons. The van der Waals surface area contributed by atoms with E-state index in [2.05, 4.69) is 16.4 Å². The van der Waals surface area contributed by atoms with Gasteiger partial charge in [0.1, 0.15) is 5.75 Å². The second-order valence-corrected chi connectivity index (χ2v) is 10.2. The van der Waals surface area contributed by atoms with Crippen LogP contribution in [0.4, 0.5) is 4.79 Å². The maximum Gasteiger partial charge on any atom is 0.317 e. The van der Waals surface area contributed by atoms with Gasteiger partial charge in [-0.05, 0) is 55.7 Å². The summed E-state index contributed by atoms with van der Waals surface area (Å²) in [7, 11) is 1.65. The predicted molar refractivity (Wildman–Crippen MR) is 130 cm³/mol. The lowest BCUT2D eigenvalue weighted by atomic mass is 9.68. The number of benzene rings is 1. The van der Waals surface area contributed by atoms with Crippen LogP contribution in [0, 0.1) is 5.92 Å². The maximum atomic E-state index is 13.4. The van der Waals surface area contributed by atoms with Crippen LogP contribution in [0.5, 0.6) is 5.75 Å². The smallest absolute Gasteiger partial charge is 0.317 e. The fourth-order valence-electron chi connectivity index (χ4n) is 5.84. The molecule has 1 aromatic carbocycles. The molecule has 1 saturated carbocycles. The van der Waals surface area contributed by atoms with E-state index in [1.807, 2.05) is 28.9 Å². The average molecular weight is 469 g/mol. The Kier molecular flexibility index (Phi) is 6.18. The molecule has 3 heterocycles. The summed E-state index contributed by atoms with van der Waals surface area (Å²) in [5.74, 6) is 1.39. The van der Waals surface area contributed by atoms with Crippen LogP contribution in [-0.2, 0) is 10.2 Å². The first-order chi connectivity index (χ1) is 16.5. The molecule has 2 aliphatic heterocycles. The maximum absolute atomic E-state index is 13.4. The highest BCUT2D eigenvalue weighted by atomic mass is 16.5. The number of piperidine rings is 1. The van der Waals surface area contributed by atoms with Gasteiger partial charge >= 0.3 is 6.03 Å². The van der Waals surface area contributed by atoms with Crippen molar-refractivity contribution in [2.24, 2.45) is 5.92 Å². The highest BCUT2D eigenvalue weighted by molar-refractivity contribution is 5.89. The van der Waals surface area contributed by atoms with Gasteiger partial charge in [0.15, 0.2) is 0 Å². The number of H-pyrrole nitrogens is 1. The Bertz CT molecular complexity index is 1070. The van der Waals surface area contributed by atoms with Gasteiger partial charge in [-0.3, -0.25) is 4.79 Å². The van der Waals surface area contributed by atoms with E-state index in [0.29, 0.717) is 38.5 Å². The third-order valence-electron chi connectivity index (χ3n) is 7.94. The lowest BCUT2D eigenvalue weighted by molar-refractivity contribution is -0.137. The van der Waals surface area contributed by atoms with Crippen LogP contribution in [0.15, 0.2) is 18.2 Å². The van der Waals surface area contributed by atoms with Gasteiger partial charge in [-0.2, -0.15) is 0 Å². The first kappa shape index (κ1) is 23.0. The number of hydrogen-bond acceptors (Lipinski definition) is 4. The van der Waals surface area contributed by atoms with Crippen molar-refractivity contribution in [3.8, 4) is 5.75 Å². The molecule has 1 atom stereocenters. The number of urea groups is 1. The molecule has 1 aromatic heterocycles. The number of carbonyl (C=O) groups excluding carboxylic acids is 2. The summed E-state index contributed by atoms with van der Waals surface area (Å²) in [6.07, 6.45) is 5.27. The average Bonchev–Trinajstić information content (AvgIpc) is 3.58. The van der Waals surface area contributed by atoms with E-state index >= 15 is 0 Å². The standard InChI is InChI=1S/C26H36N4O4/c1-3-10-27-25(33)29-11-8-26(9-12-29)16-30(22(32)13-17-4-5-17)21(15-31)24-23(26)19-7-6-18(34-2)14-20(19)28-24/h6-7,14,17,21,28,31H,3-5,8-13,15-16H2,1-2H3,(H,27,33)/t21-/m1/s1. The largest absolute Gasteiger partial charge is 0.497 e. The van der Waals surface area contributed by atoms with Crippen LogP contribution >= 0.6 is 0 Å². The molecule has 2 fully saturated rings. The minimum Gasteiger partial charge on any atom is -0.497 e. The van der Waals surface area contributed by atoms with E-state index in [9.17, 15) is 14.7 Å². The lowest BCUT2D eigenvalue weighted by Gasteiger charge is -2.50. The number of amides is 3. The predicted octanol–water partition coefficient (Wildman–Crippen LogP) is 3.31. The van der Waals surface area contributed by atoms with Crippen molar-refractivity contribution < 1.29 is 19.4 Å². The zero-order valence-corrected chi connectivity index (χ0v) is 20.2. The zero-order valence-electron chi connectivity index (χ0n) is 20.2. The van der Waals surface area contributed by atoms with Gasteiger partial charge in [-0.25, -0.2) is 4.79 Å². The molecular weight excluding hydrogens is 432 g/mol. The molecule has 1 saturated heterocycles. The second-order valence-electron chi connectivity index (χ2n) is 10.2. The van der Waals surface area contributed by atoms with Crippen LogP contribution in [0.3, 0.4) is 0 Å². The van der Waals surface area contributed by atoms with Crippen LogP contribution in [-0.4, -0.2) is 71.7 Å². The van der Waals surface area contributed by atoms with E-state index < -0.39 is 0 Å². The van der Waals surface area contributed by atoms with Gasteiger partial charge in [0.25, 0.3) is 0 Å². The molecule has 3 aliphatic rings. The number of aromatic nitrogens is 1. The molecule has 8 nitrogen and oxygen atoms in total. The highest BCUT2D eigenvalue weighted by Crippen LogP contribution is 2.49. The van der Waals surface area contributed by atoms with Gasteiger partial charge in [-0.15, -0.1) is 0 Å². The Labute approximate surface area is 200 Å². The number of nitrogens with zero attached hydrogens (tertiary/aromatic N) is 2. The topological polar surface area (TPSA) is 97.9 Å². The van der Waals surface area contributed by atoms with Crippen molar-refractivity contribution in [1.29, 1.82) is 0 Å². The Morgan fingerprint density at radius 2 is 2.03 bits per heavy atom. The summed E-state index contributed by atoms with van der Waals surface area (Å²) >= 11 is 0. The van der Waals surface area contributed by atoms with E-state index in [1.165, 1.54) is 5.56 Å². The van der Waals surface area contributed by atoms with Gasteiger partial charge in [0.05, 0.1) is 19.8 Å². The summed E-state index contributed by atoms with van der Waals surface area (Å²) in [5.41, 5.74) is 2.84. The molecule has 5 rings (SSSR count). The molecule has 0 bridgehead atoms. The number of aliphatic hydroxyl groups is 1. The van der Waals surface area contributed by atoms with Crippen molar-refractivity contribution in [3.05, 3.63) is 29.5 Å². The summed E-state index contributed by atoms with van der Waals surface area (Å²) < 4.78 is 5.44. The number of rotatable bonds is 6. The van der Waals surface area contributed by atoms with E-state index in [1.54, 1.807) is 7.11 Å². The van der Waals surface area contributed by atoms with Crippen molar-refractivity contribution in [1.82, 2.24) is 20.1 Å². The molecule has 2 aromatic rings. The molecule has 0 unspecified atom stereocenters. The number of carbonyl (C=O) groups is 2. The first-order valence-electron chi connectivity index (χ1n) is 12.6. The SMILES string of the molecule is CCCNC(=O)N1CCC2(CC1)CN(C(=O)CC1CC1)[C@H](CO)c1[nH]c3cc(OC)ccc3c12. The Hall–Kier alpha value is -2.74. The summed E-state index contributed by atoms with van der Waals surface area (Å²) in [5, 5.41) is 14.5. The number of fused-ring (bicyclic) bond motifs is 4. The van der Waals surface area contributed by atoms with Crippen LogP contribution < -0.4 is 10.1 Å². The second kappa shape index (κ2) is 9.13. The molecule has 1 spiro atoms. The van der Waals surface area contributed by atoms with Crippen molar-refractivity contribution in [2.45, 2.75) is 56.9 Å².